The molecule has 4 N–H and O–H groups in total. The number of fused-ring (bicyclic) bond motifs is 1. The second kappa shape index (κ2) is 8.73. The quantitative estimate of drug-likeness (QED) is 0.731. The summed E-state index contributed by atoms with van der Waals surface area (Å²) in [5.41, 5.74) is 7.68. The average molecular weight is 382 g/mol. The third-order valence-electron chi connectivity index (χ3n) is 5.24. The topological polar surface area (TPSA) is 93.4 Å². The van der Waals surface area contributed by atoms with Gasteiger partial charge in [-0.2, -0.15) is 0 Å². The van der Waals surface area contributed by atoms with Gasteiger partial charge in [-0.1, -0.05) is 19.4 Å². The molecule has 0 radical (unpaired) electrons. The first kappa shape index (κ1) is 20.5. The molecule has 26 heavy (non-hydrogen) atoms. The molecule has 2 aliphatic rings. The minimum Gasteiger partial charge on any atom is -0.478 e. The van der Waals surface area contributed by atoms with Crippen LogP contribution in [0.1, 0.15) is 57.6 Å². The standard InChI is InChI=1S/C19H27N3O3.ClH/c1-3-16-19(24)22-15-8-7-12(9-17(15)25-16)11(2)21-18(23)10-13-5-4-6-14(13)20;/h7-9,11,13-14,16H,3-6,10,20H2,1-2H3,(H,21,23)(H,22,24);1H/t11?,13-,14+,16?;/m0./s1. The fourth-order valence-electron chi connectivity index (χ4n) is 3.64. The monoisotopic (exact) mass is 381 g/mol. The molecule has 4 atom stereocenters. The van der Waals surface area contributed by atoms with Crippen molar-refractivity contribution in [3.8, 4) is 5.75 Å². The highest BCUT2D eigenvalue weighted by molar-refractivity contribution is 5.97. The smallest absolute Gasteiger partial charge is 0.265 e. The zero-order valence-electron chi connectivity index (χ0n) is 15.3. The largest absolute Gasteiger partial charge is 0.478 e. The first-order valence-corrected chi connectivity index (χ1v) is 9.14. The number of rotatable bonds is 5. The highest BCUT2D eigenvalue weighted by Gasteiger charge is 2.28. The minimum absolute atomic E-state index is 0. The number of amides is 2. The maximum Gasteiger partial charge on any atom is 0.265 e. The van der Waals surface area contributed by atoms with E-state index < -0.39 is 6.10 Å². The van der Waals surface area contributed by atoms with Crippen molar-refractivity contribution >= 4 is 29.9 Å². The maximum atomic E-state index is 12.3. The van der Waals surface area contributed by atoms with Gasteiger partial charge in [0.05, 0.1) is 11.7 Å². The Labute approximate surface area is 160 Å². The van der Waals surface area contributed by atoms with Gasteiger partial charge in [0, 0.05) is 12.5 Å². The molecule has 1 aliphatic carbocycles. The van der Waals surface area contributed by atoms with Crippen LogP contribution in [0.25, 0.3) is 0 Å². The molecule has 1 saturated carbocycles. The van der Waals surface area contributed by atoms with E-state index in [9.17, 15) is 9.59 Å². The molecule has 0 aromatic heterocycles. The van der Waals surface area contributed by atoms with Gasteiger partial charge in [0.15, 0.2) is 6.10 Å². The van der Waals surface area contributed by atoms with Crippen LogP contribution in [0.2, 0.25) is 0 Å². The maximum absolute atomic E-state index is 12.3. The molecule has 7 heteroatoms. The molecule has 1 aromatic carbocycles. The van der Waals surface area contributed by atoms with Crippen molar-refractivity contribution in [2.75, 3.05) is 5.32 Å². The van der Waals surface area contributed by atoms with Gasteiger partial charge in [0.2, 0.25) is 5.91 Å². The van der Waals surface area contributed by atoms with Gasteiger partial charge in [-0.3, -0.25) is 9.59 Å². The summed E-state index contributed by atoms with van der Waals surface area (Å²) in [4.78, 5) is 24.1. The van der Waals surface area contributed by atoms with Crippen LogP contribution in [-0.4, -0.2) is 24.0 Å². The predicted molar refractivity (Wildman–Crippen MR) is 104 cm³/mol. The summed E-state index contributed by atoms with van der Waals surface area (Å²) in [6, 6.07) is 5.64. The second-order valence-corrected chi connectivity index (χ2v) is 7.11. The Kier molecular flexibility index (Phi) is 6.89. The summed E-state index contributed by atoms with van der Waals surface area (Å²) in [6.07, 6.45) is 3.80. The lowest BCUT2D eigenvalue weighted by Gasteiger charge is -2.26. The number of hydrogen-bond acceptors (Lipinski definition) is 4. The third kappa shape index (κ3) is 4.48. The van der Waals surface area contributed by atoms with Crippen molar-refractivity contribution in [3.05, 3.63) is 23.8 Å². The van der Waals surface area contributed by atoms with E-state index in [0.717, 1.165) is 24.8 Å². The molecule has 3 rings (SSSR count). The zero-order chi connectivity index (χ0) is 18.0. The molecule has 0 saturated heterocycles. The van der Waals surface area contributed by atoms with Crippen molar-refractivity contribution in [2.24, 2.45) is 11.7 Å². The lowest BCUT2D eigenvalue weighted by Crippen LogP contribution is -2.36. The molecular weight excluding hydrogens is 354 g/mol. The highest BCUT2D eigenvalue weighted by Crippen LogP contribution is 2.33. The number of benzene rings is 1. The molecular formula is C19H28ClN3O3. The van der Waals surface area contributed by atoms with Gasteiger partial charge in [0.1, 0.15) is 5.75 Å². The summed E-state index contributed by atoms with van der Waals surface area (Å²) in [5.74, 6) is 0.868. The molecule has 1 fully saturated rings. The second-order valence-electron chi connectivity index (χ2n) is 7.11. The molecule has 0 bridgehead atoms. The van der Waals surface area contributed by atoms with Crippen molar-refractivity contribution in [2.45, 2.75) is 64.1 Å². The Balaban J connectivity index is 0.00000243. The molecule has 6 nitrogen and oxygen atoms in total. The van der Waals surface area contributed by atoms with Gasteiger partial charge >= 0.3 is 0 Å². The van der Waals surface area contributed by atoms with E-state index in [4.69, 9.17) is 10.5 Å². The van der Waals surface area contributed by atoms with Crippen LogP contribution < -0.4 is 21.1 Å². The summed E-state index contributed by atoms with van der Waals surface area (Å²) in [7, 11) is 0. The third-order valence-corrected chi connectivity index (χ3v) is 5.24. The molecule has 1 aliphatic heterocycles. The lowest BCUT2D eigenvalue weighted by atomic mass is 9.99. The normalized spacial score (nSPS) is 25.3. The Hall–Kier alpha value is -1.79. The minimum atomic E-state index is -0.462. The number of nitrogens with two attached hydrogens (primary N) is 1. The van der Waals surface area contributed by atoms with Gasteiger partial charge in [-0.15, -0.1) is 12.4 Å². The first-order chi connectivity index (χ1) is 12.0. The number of nitrogens with one attached hydrogen (secondary N) is 2. The van der Waals surface area contributed by atoms with Crippen LogP contribution in [-0.2, 0) is 9.59 Å². The molecule has 1 heterocycles. The fourth-order valence-corrected chi connectivity index (χ4v) is 3.64. The van der Waals surface area contributed by atoms with E-state index >= 15 is 0 Å². The number of ether oxygens (including phenoxy) is 1. The summed E-state index contributed by atoms with van der Waals surface area (Å²) in [5, 5.41) is 5.90. The summed E-state index contributed by atoms with van der Waals surface area (Å²) in [6.45, 7) is 3.86. The summed E-state index contributed by atoms with van der Waals surface area (Å²) >= 11 is 0. The van der Waals surface area contributed by atoms with E-state index in [-0.39, 0.29) is 36.3 Å². The van der Waals surface area contributed by atoms with Crippen molar-refractivity contribution in [3.63, 3.8) is 0 Å². The molecule has 0 spiro atoms. The van der Waals surface area contributed by atoms with E-state index in [1.165, 1.54) is 0 Å². The van der Waals surface area contributed by atoms with Crippen LogP contribution in [0, 0.1) is 5.92 Å². The van der Waals surface area contributed by atoms with Gasteiger partial charge in [0.25, 0.3) is 5.91 Å². The highest BCUT2D eigenvalue weighted by atomic mass is 35.5. The van der Waals surface area contributed by atoms with Gasteiger partial charge in [-0.05, 0) is 49.8 Å². The zero-order valence-corrected chi connectivity index (χ0v) is 16.1. The Bertz CT molecular complexity index is 667. The number of anilines is 1. The molecule has 1 aromatic rings. The van der Waals surface area contributed by atoms with Gasteiger partial charge in [-0.25, -0.2) is 0 Å². The number of halogens is 1. The van der Waals surface area contributed by atoms with Crippen LogP contribution in [0.3, 0.4) is 0 Å². The van der Waals surface area contributed by atoms with E-state index in [1.54, 1.807) is 0 Å². The summed E-state index contributed by atoms with van der Waals surface area (Å²) < 4.78 is 5.77. The lowest BCUT2D eigenvalue weighted by molar-refractivity contribution is -0.123. The van der Waals surface area contributed by atoms with E-state index in [0.29, 0.717) is 30.2 Å². The van der Waals surface area contributed by atoms with Crippen molar-refractivity contribution in [1.82, 2.24) is 5.32 Å². The van der Waals surface area contributed by atoms with E-state index in [1.807, 2.05) is 32.0 Å². The fraction of sp³-hybridized carbons (Fsp3) is 0.579. The Morgan fingerprint density at radius 3 is 2.85 bits per heavy atom. The van der Waals surface area contributed by atoms with Crippen LogP contribution in [0.15, 0.2) is 18.2 Å². The molecule has 144 valence electrons. The SMILES string of the molecule is CCC1Oc2cc(C(C)NC(=O)C[C@@H]3CCC[C@H]3N)ccc2NC1=O.Cl. The Morgan fingerprint density at radius 1 is 1.42 bits per heavy atom. The number of carbonyl (C=O) groups excluding carboxylic acids is 2. The predicted octanol–water partition coefficient (Wildman–Crippen LogP) is 2.91. The average Bonchev–Trinajstić information content (AvgIpc) is 2.98. The molecule has 2 amide bonds. The van der Waals surface area contributed by atoms with Gasteiger partial charge < -0.3 is 21.1 Å². The number of carbonyl (C=O) groups is 2. The number of hydrogen-bond donors (Lipinski definition) is 3. The van der Waals surface area contributed by atoms with E-state index in [2.05, 4.69) is 10.6 Å². The first-order valence-electron chi connectivity index (χ1n) is 9.14. The van der Waals surface area contributed by atoms with Crippen LogP contribution in [0.5, 0.6) is 5.75 Å². The van der Waals surface area contributed by atoms with Crippen molar-refractivity contribution in [1.29, 1.82) is 0 Å². The molecule has 2 unspecified atom stereocenters. The van der Waals surface area contributed by atoms with Crippen LogP contribution >= 0.6 is 12.4 Å². The van der Waals surface area contributed by atoms with Crippen LogP contribution in [0.4, 0.5) is 5.69 Å². The van der Waals surface area contributed by atoms with Crippen molar-refractivity contribution < 1.29 is 14.3 Å². The Morgan fingerprint density at radius 2 is 2.19 bits per heavy atom.